The summed E-state index contributed by atoms with van der Waals surface area (Å²) in [6.07, 6.45) is 3.22. The van der Waals surface area contributed by atoms with Gasteiger partial charge in [-0.2, -0.15) is 0 Å². The SMILES string of the molecule is CC/C(=C/C=O)COC. The van der Waals surface area contributed by atoms with Gasteiger partial charge in [0.1, 0.15) is 6.29 Å². The van der Waals surface area contributed by atoms with Gasteiger partial charge >= 0.3 is 0 Å². The van der Waals surface area contributed by atoms with Gasteiger partial charge in [-0.3, -0.25) is 4.79 Å². The van der Waals surface area contributed by atoms with Crippen LogP contribution in [-0.2, 0) is 9.53 Å². The van der Waals surface area contributed by atoms with E-state index in [-0.39, 0.29) is 0 Å². The summed E-state index contributed by atoms with van der Waals surface area (Å²) in [5.74, 6) is 0. The Hall–Kier alpha value is -0.630. The first-order valence-corrected chi connectivity index (χ1v) is 2.97. The van der Waals surface area contributed by atoms with Gasteiger partial charge in [0.05, 0.1) is 6.61 Å². The molecule has 0 N–H and O–H groups in total. The fourth-order valence-corrected chi connectivity index (χ4v) is 0.550. The zero-order chi connectivity index (χ0) is 7.11. The van der Waals surface area contributed by atoms with E-state index in [0.29, 0.717) is 6.61 Å². The maximum atomic E-state index is 9.92. The van der Waals surface area contributed by atoms with Crippen LogP contribution in [0.5, 0.6) is 0 Å². The maximum absolute atomic E-state index is 9.92. The summed E-state index contributed by atoms with van der Waals surface area (Å²) in [7, 11) is 1.62. The quantitative estimate of drug-likeness (QED) is 0.419. The Bertz CT molecular complexity index is 105. The third-order valence-corrected chi connectivity index (χ3v) is 1.09. The largest absolute Gasteiger partial charge is 0.380 e. The Labute approximate surface area is 55.5 Å². The molecule has 0 saturated heterocycles. The lowest BCUT2D eigenvalue weighted by Crippen LogP contribution is -1.92. The van der Waals surface area contributed by atoms with Crippen molar-refractivity contribution >= 4 is 6.29 Å². The molecule has 0 bridgehead atoms. The summed E-state index contributed by atoms with van der Waals surface area (Å²) in [5, 5.41) is 0. The molecule has 0 heterocycles. The predicted molar refractivity (Wildman–Crippen MR) is 36.3 cm³/mol. The second-order valence-electron chi connectivity index (χ2n) is 1.75. The summed E-state index contributed by atoms with van der Waals surface area (Å²) < 4.78 is 4.82. The van der Waals surface area contributed by atoms with E-state index in [1.807, 2.05) is 6.92 Å². The molecule has 0 aliphatic heterocycles. The molecule has 2 heteroatoms. The third kappa shape index (κ3) is 3.91. The molecule has 0 saturated carbocycles. The molecule has 0 aromatic heterocycles. The highest BCUT2D eigenvalue weighted by molar-refractivity contribution is 5.66. The second kappa shape index (κ2) is 5.51. The van der Waals surface area contributed by atoms with Crippen LogP contribution in [0.3, 0.4) is 0 Å². The van der Waals surface area contributed by atoms with Gasteiger partial charge in [0.25, 0.3) is 0 Å². The summed E-state index contributed by atoms with van der Waals surface area (Å²) in [5.41, 5.74) is 1.03. The highest BCUT2D eigenvalue weighted by Crippen LogP contribution is 1.97. The average Bonchev–Trinajstić information content (AvgIpc) is 1.88. The third-order valence-electron chi connectivity index (χ3n) is 1.09. The lowest BCUT2D eigenvalue weighted by molar-refractivity contribution is -0.104. The normalized spacial score (nSPS) is 11.6. The molecule has 0 aliphatic rings. The van der Waals surface area contributed by atoms with Crippen molar-refractivity contribution in [2.45, 2.75) is 13.3 Å². The van der Waals surface area contributed by atoms with Crippen molar-refractivity contribution in [1.82, 2.24) is 0 Å². The van der Waals surface area contributed by atoms with Crippen LogP contribution in [0, 0.1) is 0 Å². The summed E-state index contributed by atoms with van der Waals surface area (Å²) in [4.78, 5) is 9.92. The Morgan fingerprint density at radius 3 is 2.67 bits per heavy atom. The first-order valence-electron chi connectivity index (χ1n) is 2.97. The number of allylic oxidation sites excluding steroid dienone is 1. The van der Waals surface area contributed by atoms with E-state index in [1.54, 1.807) is 13.2 Å². The minimum atomic E-state index is 0.565. The van der Waals surface area contributed by atoms with Crippen LogP contribution in [0.1, 0.15) is 13.3 Å². The van der Waals surface area contributed by atoms with Gasteiger partial charge in [-0.1, -0.05) is 6.92 Å². The molecule has 0 spiro atoms. The minimum Gasteiger partial charge on any atom is -0.380 e. The Balaban J connectivity index is 3.66. The van der Waals surface area contributed by atoms with Gasteiger partial charge in [0.2, 0.25) is 0 Å². The summed E-state index contributed by atoms with van der Waals surface area (Å²) in [6.45, 7) is 2.56. The van der Waals surface area contributed by atoms with E-state index in [4.69, 9.17) is 4.74 Å². The smallest absolute Gasteiger partial charge is 0.142 e. The van der Waals surface area contributed by atoms with Crippen LogP contribution >= 0.6 is 0 Å². The monoisotopic (exact) mass is 128 g/mol. The predicted octanol–water partition coefficient (Wildman–Crippen LogP) is 1.17. The topological polar surface area (TPSA) is 26.3 Å². The zero-order valence-electron chi connectivity index (χ0n) is 5.89. The molecule has 0 radical (unpaired) electrons. The van der Waals surface area contributed by atoms with Crippen molar-refractivity contribution in [2.24, 2.45) is 0 Å². The molecular weight excluding hydrogens is 116 g/mol. The number of rotatable bonds is 4. The van der Waals surface area contributed by atoms with Crippen LogP contribution in [-0.4, -0.2) is 20.0 Å². The molecule has 0 amide bonds. The van der Waals surface area contributed by atoms with Gasteiger partial charge in [0.15, 0.2) is 0 Å². The Morgan fingerprint density at radius 1 is 1.67 bits per heavy atom. The number of methoxy groups -OCH3 is 1. The van der Waals surface area contributed by atoms with E-state index < -0.39 is 0 Å². The molecule has 9 heavy (non-hydrogen) atoms. The number of hydrogen-bond acceptors (Lipinski definition) is 2. The van der Waals surface area contributed by atoms with Gasteiger partial charge in [0, 0.05) is 7.11 Å². The van der Waals surface area contributed by atoms with Crippen molar-refractivity contribution in [1.29, 1.82) is 0 Å². The number of hydrogen-bond donors (Lipinski definition) is 0. The Morgan fingerprint density at radius 2 is 2.33 bits per heavy atom. The molecule has 0 unspecified atom stereocenters. The van der Waals surface area contributed by atoms with E-state index >= 15 is 0 Å². The lowest BCUT2D eigenvalue weighted by atomic mass is 10.2. The van der Waals surface area contributed by atoms with Crippen molar-refractivity contribution in [3.05, 3.63) is 11.6 Å². The van der Waals surface area contributed by atoms with Gasteiger partial charge in [-0.25, -0.2) is 0 Å². The van der Waals surface area contributed by atoms with Gasteiger partial charge < -0.3 is 4.74 Å². The summed E-state index contributed by atoms with van der Waals surface area (Å²) >= 11 is 0. The second-order valence-corrected chi connectivity index (χ2v) is 1.75. The fourth-order valence-electron chi connectivity index (χ4n) is 0.550. The molecule has 0 fully saturated rings. The van der Waals surface area contributed by atoms with Crippen molar-refractivity contribution in [3.63, 3.8) is 0 Å². The number of carbonyl (C=O) groups excluding carboxylic acids is 1. The molecule has 2 nitrogen and oxygen atoms in total. The highest BCUT2D eigenvalue weighted by Gasteiger charge is 1.89. The molecule has 0 aliphatic carbocycles. The maximum Gasteiger partial charge on any atom is 0.142 e. The van der Waals surface area contributed by atoms with Crippen LogP contribution < -0.4 is 0 Å². The first kappa shape index (κ1) is 8.37. The zero-order valence-corrected chi connectivity index (χ0v) is 5.89. The standard InChI is InChI=1S/C7H12O2/c1-3-7(4-5-8)6-9-2/h4-5H,3,6H2,1-2H3/b7-4-. The van der Waals surface area contributed by atoms with Gasteiger partial charge in [-0.15, -0.1) is 0 Å². The molecule has 0 aromatic carbocycles. The van der Waals surface area contributed by atoms with Crippen LogP contribution in [0.15, 0.2) is 11.6 Å². The summed E-state index contributed by atoms with van der Waals surface area (Å²) in [6, 6.07) is 0. The minimum absolute atomic E-state index is 0.565. The molecule has 0 atom stereocenters. The van der Waals surface area contributed by atoms with E-state index in [2.05, 4.69) is 0 Å². The number of carbonyl (C=O) groups is 1. The number of ether oxygens (including phenoxy) is 1. The van der Waals surface area contributed by atoms with Crippen molar-refractivity contribution in [2.75, 3.05) is 13.7 Å². The fraction of sp³-hybridized carbons (Fsp3) is 0.571. The molecule has 0 rings (SSSR count). The number of aldehydes is 1. The van der Waals surface area contributed by atoms with Crippen molar-refractivity contribution in [3.8, 4) is 0 Å². The Kier molecular flexibility index (Phi) is 5.12. The average molecular weight is 128 g/mol. The van der Waals surface area contributed by atoms with E-state index in [9.17, 15) is 4.79 Å². The molecule has 0 aromatic rings. The van der Waals surface area contributed by atoms with Crippen molar-refractivity contribution < 1.29 is 9.53 Å². The molecule has 52 valence electrons. The van der Waals surface area contributed by atoms with Crippen LogP contribution in [0.25, 0.3) is 0 Å². The van der Waals surface area contributed by atoms with E-state index in [1.165, 1.54) is 0 Å². The first-order chi connectivity index (χ1) is 4.35. The van der Waals surface area contributed by atoms with Gasteiger partial charge in [-0.05, 0) is 18.1 Å². The highest BCUT2D eigenvalue weighted by atomic mass is 16.5. The van der Waals surface area contributed by atoms with E-state index in [0.717, 1.165) is 18.3 Å². The molecular formula is C7H12O2. The van der Waals surface area contributed by atoms with Crippen LogP contribution in [0.2, 0.25) is 0 Å². The lowest BCUT2D eigenvalue weighted by Gasteiger charge is -1.98. The van der Waals surface area contributed by atoms with Crippen LogP contribution in [0.4, 0.5) is 0 Å².